The van der Waals surface area contributed by atoms with Crippen LogP contribution >= 0.6 is 0 Å². The summed E-state index contributed by atoms with van der Waals surface area (Å²) < 4.78 is 39.5. The maximum Gasteiger partial charge on any atom is 0.339 e. The van der Waals surface area contributed by atoms with E-state index in [1.165, 1.54) is 29.2 Å². The second-order valence-corrected chi connectivity index (χ2v) is 12.1. The normalized spacial score (nSPS) is 17.3. The second kappa shape index (κ2) is 15.1. The Balaban J connectivity index is 1.86. The van der Waals surface area contributed by atoms with Crippen LogP contribution in [0, 0.1) is 0 Å². The molecule has 0 spiro atoms. The molecule has 1 aliphatic carbocycles. The average Bonchev–Trinajstić information content (AvgIpc) is 3.81. The molecule has 15 heteroatoms. The lowest BCUT2D eigenvalue weighted by Crippen LogP contribution is -2.57. The average molecular weight is 610 g/mol. The predicted molar refractivity (Wildman–Crippen MR) is 152 cm³/mol. The number of likely N-dealkylation sites (tertiary alicyclic amines) is 1. The number of hydrazone groups is 1. The highest BCUT2D eigenvalue weighted by atomic mass is 32.2. The molecular formula is C27H41N6O8S+. The van der Waals surface area contributed by atoms with E-state index in [1.807, 2.05) is 0 Å². The molecule has 1 saturated carbocycles. The van der Waals surface area contributed by atoms with Crippen molar-refractivity contribution in [3.63, 3.8) is 0 Å². The van der Waals surface area contributed by atoms with Gasteiger partial charge in [-0.2, -0.15) is 4.72 Å². The number of benzene rings is 1. The number of ether oxygens (including phenoxy) is 2. The molecule has 2 amide bonds. The molecule has 1 aromatic carbocycles. The smallest absolute Gasteiger partial charge is 0.339 e. The fraction of sp³-hybridized carbons (Fsp3) is 0.593. The molecule has 42 heavy (non-hydrogen) atoms. The van der Waals surface area contributed by atoms with E-state index in [0.717, 1.165) is 39.5 Å². The molecule has 2 fully saturated rings. The third-order valence-electron chi connectivity index (χ3n) is 7.31. The molecule has 0 aromatic heterocycles. The minimum atomic E-state index is -4.48. The maximum absolute atomic E-state index is 13.8. The Hall–Kier alpha value is -3.56. The summed E-state index contributed by atoms with van der Waals surface area (Å²) >= 11 is 0. The van der Waals surface area contributed by atoms with E-state index in [1.54, 1.807) is 13.3 Å². The number of carbonyl (C=O) groups excluding carboxylic acids is 4. The first-order chi connectivity index (χ1) is 20.1. The van der Waals surface area contributed by atoms with Gasteiger partial charge in [0.05, 0.1) is 50.1 Å². The number of piperidine rings is 1. The molecule has 1 saturated heterocycles. The Morgan fingerprint density at radius 3 is 2.48 bits per heavy atom. The van der Waals surface area contributed by atoms with Gasteiger partial charge in [-0.1, -0.05) is 12.1 Å². The molecule has 0 bridgehead atoms. The Morgan fingerprint density at radius 1 is 1.17 bits per heavy atom. The van der Waals surface area contributed by atoms with Gasteiger partial charge in [-0.25, -0.2) is 13.2 Å². The lowest BCUT2D eigenvalue weighted by Gasteiger charge is -2.36. The van der Waals surface area contributed by atoms with Gasteiger partial charge in [0, 0.05) is 12.6 Å². The second-order valence-electron chi connectivity index (χ2n) is 10.4. The number of esters is 2. The summed E-state index contributed by atoms with van der Waals surface area (Å²) in [6, 6.07) is 3.72. The first-order valence-corrected chi connectivity index (χ1v) is 15.6. The number of amides is 2. The molecule has 14 nitrogen and oxygen atoms in total. The van der Waals surface area contributed by atoms with Crippen LogP contribution in [0.3, 0.4) is 0 Å². The zero-order valence-electron chi connectivity index (χ0n) is 24.1. The number of carbonyl (C=O) groups is 4. The van der Waals surface area contributed by atoms with Gasteiger partial charge in [-0.15, -0.1) is 5.10 Å². The minimum Gasteiger partial charge on any atom is -0.466 e. The highest BCUT2D eigenvalue weighted by Gasteiger charge is 2.39. The molecule has 2 aliphatic rings. The molecule has 0 radical (unpaired) electrons. The summed E-state index contributed by atoms with van der Waals surface area (Å²) in [4.78, 5) is 52.4. The summed E-state index contributed by atoms with van der Waals surface area (Å²) in [6.07, 6.45) is 5.28. The van der Waals surface area contributed by atoms with E-state index in [2.05, 4.69) is 15.1 Å². The number of hydrogen-bond donors (Lipinski definition) is 3. The fourth-order valence-electron chi connectivity index (χ4n) is 5.01. The number of nitrogens with one attached hydrogen (secondary N) is 2. The predicted octanol–water partition coefficient (Wildman–Crippen LogP) is 0.431. The molecule has 1 aliphatic heterocycles. The number of sulfonamides is 1. The van der Waals surface area contributed by atoms with Crippen LogP contribution in [-0.2, 0) is 33.9 Å². The first-order valence-electron chi connectivity index (χ1n) is 14.1. The summed E-state index contributed by atoms with van der Waals surface area (Å²) in [7, 11) is -3.36. The third-order valence-corrected chi connectivity index (χ3v) is 8.84. The van der Waals surface area contributed by atoms with Crippen molar-refractivity contribution in [2.75, 3.05) is 40.0 Å². The van der Waals surface area contributed by atoms with E-state index in [-0.39, 0.29) is 37.8 Å². The van der Waals surface area contributed by atoms with Crippen LogP contribution in [0.1, 0.15) is 62.2 Å². The molecule has 1 aromatic rings. The number of hydrogen-bond acceptors (Lipinski definition) is 10. The van der Waals surface area contributed by atoms with Crippen molar-refractivity contribution < 1.29 is 41.6 Å². The third kappa shape index (κ3) is 8.97. The highest BCUT2D eigenvalue weighted by molar-refractivity contribution is 7.89. The monoisotopic (exact) mass is 609 g/mol. The molecule has 3 rings (SSSR count). The number of methoxy groups -OCH3 is 1. The van der Waals surface area contributed by atoms with Gasteiger partial charge in [0.15, 0.2) is 6.67 Å². The molecular weight excluding hydrogens is 568 g/mol. The lowest BCUT2D eigenvalue weighted by molar-refractivity contribution is -0.842. The van der Waals surface area contributed by atoms with Gasteiger partial charge < -0.3 is 25.5 Å². The van der Waals surface area contributed by atoms with Crippen molar-refractivity contribution in [3.8, 4) is 0 Å². The zero-order valence-corrected chi connectivity index (χ0v) is 24.9. The highest BCUT2D eigenvalue weighted by Crippen LogP contribution is 2.28. The van der Waals surface area contributed by atoms with E-state index in [0.29, 0.717) is 17.3 Å². The summed E-state index contributed by atoms with van der Waals surface area (Å²) in [5, 5.41) is 6.49. The first kappa shape index (κ1) is 32.9. The van der Waals surface area contributed by atoms with Crippen LogP contribution in [-0.4, -0.2) is 100.0 Å². The van der Waals surface area contributed by atoms with Gasteiger partial charge >= 0.3 is 11.9 Å². The fourth-order valence-corrected chi connectivity index (χ4v) is 6.40. The molecule has 1 atom stereocenters. The van der Waals surface area contributed by atoms with Gasteiger partial charge in [-0.05, 0) is 51.2 Å². The van der Waals surface area contributed by atoms with Crippen molar-refractivity contribution in [2.45, 2.75) is 68.8 Å². The lowest BCUT2D eigenvalue weighted by atomic mass is 10.1. The van der Waals surface area contributed by atoms with Crippen molar-refractivity contribution in [1.29, 1.82) is 0 Å². The van der Waals surface area contributed by atoms with Crippen molar-refractivity contribution in [2.24, 2.45) is 10.9 Å². The molecule has 1 heterocycles. The van der Waals surface area contributed by atoms with Crippen molar-refractivity contribution in [3.05, 3.63) is 29.8 Å². The van der Waals surface area contributed by atoms with E-state index < -0.39 is 51.1 Å². The van der Waals surface area contributed by atoms with E-state index in [9.17, 15) is 27.6 Å². The Morgan fingerprint density at radius 2 is 1.86 bits per heavy atom. The topological polar surface area (TPSA) is 187 Å². The Bertz CT molecular complexity index is 1260. The molecule has 4 N–H and O–H groups in total. The summed E-state index contributed by atoms with van der Waals surface area (Å²) in [5.74, 6) is 2.85. The van der Waals surface area contributed by atoms with Crippen LogP contribution in [0.15, 0.2) is 34.3 Å². The quantitative estimate of drug-likeness (QED) is 0.0633. The Kier molecular flexibility index (Phi) is 11.8. The number of nitrogens with two attached hydrogens (primary N) is 1. The maximum atomic E-state index is 13.8. The van der Waals surface area contributed by atoms with Crippen molar-refractivity contribution >= 4 is 40.1 Å². The Labute approximate surface area is 246 Å². The van der Waals surface area contributed by atoms with Gasteiger partial charge in [0.2, 0.25) is 28.2 Å². The van der Waals surface area contributed by atoms with E-state index in [4.69, 9.17) is 15.3 Å². The largest absolute Gasteiger partial charge is 0.466 e. The summed E-state index contributed by atoms with van der Waals surface area (Å²) in [6.45, 7) is 3.49. The van der Waals surface area contributed by atoms with Crippen LogP contribution < -0.4 is 15.9 Å². The van der Waals surface area contributed by atoms with Crippen LogP contribution in [0.4, 0.5) is 0 Å². The van der Waals surface area contributed by atoms with Crippen LogP contribution in [0.2, 0.25) is 0 Å². The van der Waals surface area contributed by atoms with Gasteiger partial charge in [-0.3, -0.25) is 18.9 Å². The summed E-state index contributed by atoms with van der Waals surface area (Å²) in [5.41, 5.74) is -0.220. The molecule has 232 valence electrons. The zero-order chi connectivity index (χ0) is 30.8. The minimum absolute atomic E-state index is 0.00783. The van der Waals surface area contributed by atoms with E-state index >= 15 is 0 Å². The van der Waals surface area contributed by atoms with Crippen LogP contribution in [0.25, 0.3) is 0 Å². The van der Waals surface area contributed by atoms with Crippen molar-refractivity contribution in [1.82, 2.24) is 14.9 Å². The number of quaternary nitrogens is 1. The standard InChI is InChI=1S/C27H40N6O8S/c1-3-41-25(35)13-14-32(20-11-12-20)26(36)22(17-24(34)29-18-33(19-30-28)15-7-4-8-16-33)31-42(38,39)23-10-6-5-9-21(23)27(37)40-2/h5-6,9-10,19-20,22,31H,3-4,7-8,11-18,28H2,1-2H3/p+1/t22-/m0/s1. The van der Waals surface area contributed by atoms with Crippen LogP contribution in [0.5, 0.6) is 0 Å². The van der Waals surface area contributed by atoms with Gasteiger partial charge in [0.1, 0.15) is 6.04 Å². The molecule has 0 unspecified atom stereocenters. The number of rotatable bonds is 15. The number of nitrogens with zero attached hydrogens (tertiary/aromatic N) is 3. The van der Waals surface area contributed by atoms with Gasteiger partial charge in [0.25, 0.3) is 0 Å². The SMILES string of the molecule is CCOC(=O)CCN(C(=O)[C@H](CC(=O)NC[N+]1(C=NN)CCCCC1)NS(=O)(=O)c1ccccc1C(=O)OC)C1CC1.